The van der Waals surface area contributed by atoms with Gasteiger partial charge >= 0.3 is 5.97 Å². The van der Waals surface area contributed by atoms with Gasteiger partial charge in [0, 0.05) is 19.6 Å². The highest BCUT2D eigenvalue weighted by Gasteiger charge is 2.22. The third-order valence-electron chi connectivity index (χ3n) is 2.77. The summed E-state index contributed by atoms with van der Waals surface area (Å²) in [4.78, 5) is 11.9. The van der Waals surface area contributed by atoms with Crippen molar-refractivity contribution in [3.63, 3.8) is 0 Å². The molecule has 1 aliphatic rings. The fraction of sp³-hybridized carbons (Fsp3) is 0.636. The lowest BCUT2D eigenvalue weighted by molar-refractivity contribution is 0.0428. The van der Waals surface area contributed by atoms with Gasteiger partial charge in [0.15, 0.2) is 0 Å². The summed E-state index contributed by atoms with van der Waals surface area (Å²) in [6.07, 6.45) is 0.965. The van der Waals surface area contributed by atoms with E-state index in [1.54, 1.807) is 7.05 Å². The molecule has 1 unspecified atom stereocenters. The summed E-state index contributed by atoms with van der Waals surface area (Å²) in [6, 6.07) is 0. The van der Waals surface area contributed by atoms with Crippen LogP contribution in [0.25, 0.3) is 0 Å². The van der Waals surface area contributed by atoms with Crippen LogP contribution in [0.3, 0.4) is 0 Å². The Bertz CT molecular complexity index is 399. The number of ether oxygens (including phenoxy) is 2. The molecule has 94 valence electrons. The van der Waals surface area contributed by atoms with Crippen molar-refractivity contribution >= 4 is 22.5 Å². The number of hydrogen-bond donors (Lipinski definition) is 1. The smallest absolute Gasteiger partial charge is 0.343 e. The fourth-order valence-electron chi connectivity index (χ4n) is 1.76. The molecule has 0 aliphatic carbocycles. The Balaban J connectivity index is 1.96. The van der Waals surface area contributed by atoms with Gasteiger partial charge in [0.1, 0.15) is 10.6 Å². The number of carbonyl (C=O) groups is 1. The van der Waals surface area contributed by atoms with Crippen LogP contribution >= 0.6 is 11.5 Å². The van der Waals surface area contributed by atoms with Crippen molar-refractivity contribution < 1.29 is 14.3 Å². The van der Waals surface area contributed by atoms with Crippen LogP contribution in [0.2, 0.25) is 0 Å². The molecular formula is C11H16N2O3S. The molecular weight excluding hydrogens is 240 g/mol. The normalized spacial score (nSPS) is 19.3. The number of aromatic nitrogens is 1. The number of hydrogen-bond acceptors (Lipinski definition) is 6. The minimum atomic E-state index is -0.299. The minimum absolute atomic E-state index is 0.299. The van der Waals surface area contributed by atoms with E-state index in [0.717, 1.165) is 18.0 Å². The van der Waals surface area contributed by atoms with Crippen LogP contribution in [-0.2, 0) is 9.47 Å². The minimum Gasteiger partial charge on any atom is -0.462 e. The zero-order valence-corrected chi connectivity index (χ0v) is 10.8. The average Bonchev–Trinajstić information content (AvgIpc) is 2.94. The van der Waals surface area contributed by atoms with Gasteiger partial charge in [-0.1, -0.05) is 0 Å². The Hall–Kier alpha value is -1.14. The molecule has 1 atom stereocenters. The molecule has 1 saturated heterocycles. The maximum atomic E-state index is 11.9. The molecule has 0 spiro atoms. The quantitative estimate of drug-likeness (QED) is 0.831. The summed E-state index contributed by atoms with van der Waals surface area (Å²) in [5.41, 5.74) is 1.27. The summed E-state index contributed by atoms with van der Waals surface area (Å²) >= 11 is 1.28. The standard InChI is InChI=1S/C11H16N2O3S/c1-7-9(10(12-2)17-13-7)11(14)16-6-8-3-4-15-5-8/h8,12H,3-6H2,1-2H3. The number of nitrogens with one attached hydrogen (secondary N) is 1. The van der Waals surface area contributed by atoms with E-state index in [2.05, 4.69) is 9.69 Å². The van der Waals surface area contributed by atoms with Crippen LogP contribution in [0.15, 0.2) is 0 Å². The molecule has 1 aromatic heterocycles. The average molecular weight is 256 g/mol. The second kappa shape index (κ2) is 5.46. The van der Waals surface area contributed by atoms with Gasteiger partial charge in [-0.15, -0.1) is 0 Å². The first-order valence-corrected chi connectivity index (χ1v) is 6.38. The molecule has 17 heavy (non-hydrogen) atoms. The molecule has 1 aromatic rings. The van der Waals surface area contributed by atoms with E-state index in [1.807, 2.05) is 6.92 Å². The number of rotatable bonds is 4. The van der Waals surface area contributed by atoms with E-state index in [4.69, 9.17) is 9.47 Å². The number of aryl methyl sites for hydroxylation is 1. The first-order chi connectivity index (χ1) is 8.22. The van der Waals surface area contributed by atoms with Crippen molar-refractivity contribution in [2.24, 2.45) is 5.92 Å². The van der Waals surface area contributed by atoms with Gasteiger partial charge in [-0.3, -0.25) is 0 Å². The van der Waals surface area contributed by atoms with E-state index in [9.17, 15) is 4.79 Å². The Labute approximate surface area is 104 Å². The molecule has 0 aromatic carbocycles. The van der Waals surface area contributed by atoms with Gasteiger partial charge < -0.3 is 14.8 Å². The van der Waals surface area contributed by atoms with Crippen molar-refractivity contribution in [3.8, 4) is 0 Å². The molecule has 0 radical (unpaired) electrons. The molecule has 1 fully saturated rings. The van der Waals surface area contributed by atoms with Gasteiger partial charge in [-0.05, 0) is 24.9 Å². The second-order valence-corrected chi connectivity index (χ2v) is 4.82. The molecule has 1 N–H and O–H groups in total. The van der Waals surface area contributed by atoms with Crippen LogP contribution in [-0.4, -0.2) is 37.2 Å². The SMILES string of the molecule is CNc1snc(C)c1C(=O)OCC1CCOC1. The first kappa shape index (κ1) is 12.3. The van der Waals surface area contributed by atoms with Crippen LogP contribution < -0.4 is 5.32 Å². The predicted octanol–water partition coefficient (Wildman–Crippen LogP) is 1.69. The third kappa shape index (κ3) is 2.76. The van der Waals surface area contributed by atoms with Gasteiger partial charge in [0.2, 0.25) is 0 Å². The van der Waals surface area contributed by atoms with Gasteiger partial charge in [-0.2, -0.15) is 4.37 Å². The molecule has 0 saturated carbocycles. The topological polar surface area (TPSA) is 60.5 Å². The molecule has 1 aliphatic heterocycles. The van der Waals surface area contributed by atoms with E-state index in [0.29, 0.717) is 30.4 Å². The molecule has 2 heterocycles. The number of esters is 1. The molecule has 5 nitrogen and oxygen atoms in total. The van der Waals surface area contributed by atoms with E-state index < -0.39 is 0 Å². The predicted molar refractivity (Wildman–Crippen MR) is 65.6 cm³/mol. The van der Waals surface area contributed by atoms with E-state index >= 15 is 0 Å². The highest BCUT2D eigenvalue weighted by molar-refractivity contribution is 7.10. The van der Waals surface area contributed by atoms with Crippen molar-refractivity contribution in [2.75, 3.05) is 32.2 Å². The summed E-state index contributed by atoms with van der Waals surface area (Å²) in [5, 5.41) is 3.72. The largest absolute Gasteiger partial charge is 0.462 e. The maximum absolute atomic E-state index is 11.9. The van der Waals surface area contributed by atoms with Crippen molar-refractivity contribution in [3.05, 3.63) is 11.3 Å². The molecule has 0 bridgehead atoms. The van der Waals surface area contributed by atoms with Crippen molar-refractivity contribution in [2.45, 2.75) is 13.3 Å². The molecule has 6 heteroatoms. The zero-order chi connectivity index (χ0) is 12.3. The lowest BCUT2D eigenvalue weighted by Crippen LogP contribution is -2.15. The van der Waals surface area contributed by atoms with Crippen molar-refractivity contribution in [1.82, 2.24) is 4.37 Å². The Kier molecular flexibility index (Phi) is 3.96. The Morgan fingerprint density at radius 1 is 1.71 bits per heavy atom. The second-order valence-electron chi connectivity index (χ2n) is 4.05. The zero-order valence-electron chi connectivity index (χ0n) is 9.99. The lowest BCUT2D eigenvalue weighted by atomic mass is 10.1. The van der Waals surface area contributed by atoms with Gasteiger partial charge in [0.05, 0.1) is 18.9 Å². The lowest BCUT2D eigenvalue weighted by Gasteiger charge is -2.09. The van der Waals surface area contributed by atoms with E-state index in [1.165, 1.54) is 11.5 Å². The Morgan fingerprint density at radius 3 is 3.18 bits per heavy atom. The number of nitrogens with zero attached hydrogens (tertiary/aromatic N) is 1. The first-order valence-electron chi connectivity index (χ1n) is 5.61. The molecule has 2 rings (SSSR count). The van der Waals surface area contributed by atoms with Crippen LogP contribution in [0.5, 0.6) is 0 Å². The summed E-state index contributed by atoms with van der Waals surface area (Å²) in [6.45, 7) is 3.69. The van der Waals surface area contributed by atoms with Gasteiger partial charge in [-0.25, -0.2) is 4.79 Å². The fourth-order valence-corrected chi connectivity index (χ4v) is 2.49. The van der Waals surface area contributed by atoms with Crippen LogP contribution in [0.4, 0.5) is 5.00 Å². The van der Waals surface area contributed by atoms with Crippen LogP contribution in [0.1, 0.15) is 22.5 Å². The Morgan fingerprint density at radius 2 is 2.53 bits per heavy atom. The van der Waals surface area contributed by atoms with Crippen LogP contribution in [0, 0.1) is 12.8 Å². The molecule has 0 amide bonds. The number of carbonyl (C=O) groups excluding carboxylic acids is 1. The maximum Gasteiger partial charge on any atom is 0.343 e. The summed E-state index contributed by atoms with van der Waals surface area (Å²) in [5.74, 6) is 0.0383. The highest BCUT2D eigenvalue weighted by atomic mass is 32.1. The van der Waals surface area contributed by atoms with E-state index in [-0.39, 0.29) is 5.97 Å². The van der Waals surface area contributed by atoms with Crippen molar-refractivity contribution in [1.29, 1.82) is 0 Å². The number of anilines is 1. The highest BCUT2D eigenvalue weighted by Crippen LogP contribution is 2.25. The monoisotopic (exact) mass is 256 g/mol. The third-order valence-corrected chi connectivity index (χ3v) is 3.72. The summed E-state index contributed by atoms with van der Waals surface area (Å²) < 4.78 is 14.7. The van der Waals surface area contributed by atoms with Gasteiger partial charge in [0.25, 0.3) is 0 Å². The summed E-state index contributed by atoms with van der Waals surface area (Å²) in [7, 11) is 1.77.